The molecule has 2 aromatic rings. The molecule has 2 aromatic heterocycles. The van der Waals surface area contributed by atoms with E-state index in [1.807, 2.05) is 17.6 Å². The molecule has 0 aromatic carbocycles. The SMILES string of the molecule is CCNNc1nc(SC)nc2sc3c(c12)CCCC3. The minimum Gasteiger partial charge on any atom is -0.305 e. The summed E-state index contributed by atoms with van der Waals surface area (Å²) in [6, 6.07) is 0. The first kappa shape index (κ1) is 13.1. The van der Waals surface area contributed by atoms with Crippen LogP contribution in [0.25, 0.3) is 10.2 Å². The summed E-state index contributed by atoms with van der Waals surface area (Å²) >= 11 is 3.44. The van der Waals surface area contributed by atoms with Crippen molar-refractivity contribution in [1.29, 1.82) is 0 Å². The lowest BCUT2D eigenvalue weighted by molar-refractivity contribution is 0.700. The van der Waals surface area contributed by atoms with Gasteiger partial charge in [0.25, 0.3) is 0 Å². The Morgan fingerprint density at radius 3 is 2.89 bits per heavy atom. The minimum atomic E-state index is 0.839. The van der Waals surface area contributed by atoms with Crippen molar-refractivity contribution < 1.29 is 0 Å². The topological polar surface area (TPSA) is 49.8 Å². The number of anilines is 1. The number of thioether (sulfide) groups is 1. The van der Waals surface area contributed by atoms with Crippen LogP contribution >= 0.6 is 23.1 Å². The summed E-state index contributed by atoms with van der Waals surface area (Å²) < 4.78 is 0. The second-order valence-electron chi connectivity index (χ2n) is 4.61. The fourth-order valence-electron chi connectivity index (χ4n) is 2.49. The average Bonchev–Trinajstić information content (AvgIpc) is 2.82. The number of aromatic nitrogens is 2. The van der Waals surface area contributed by atoms with Gasteiger partial charge in [-0.1, -0.05) is 18.7 Å². The Labute approximate surface area is 121 Å². The number of hydrogen-bond donors (Lipinski definition) is 2. The third kappa shape index (κ3) is 2.44. The quantitative estimate of drug-likeness (QED) is 0.515. The zero-order valence-electron chi connectivity index (χ0n) is 11.2. The number of nitrogens with zero attached hydrogens (tertiary/aromatic N) is 2. The van der Waals surface area contributed by atoms with Crippen LogP contribution in [-0.2, 0) is 12.8 Å². The Morgan fingerprint density at radius 2 is 2.11 bits per heavy atom. The monoisotopic (exact) mass is 294 g/mol. The van der Waals surface area contributed by atoms with E-state index in [2.05, 4.69) is 27.7 Å². The lowest BCUT2D eigenvalue weighted by atomic mass is 9.97. The molecule has 0 spiro atoms. The standard InChI is InChI=1S/C13H18N4S2/c1-3-14-17-11-10-8-6-4-5-7-9(8)19-12(10)16-13(15-11)18-2/h14H,3-7H2,1-2H3,(H,15,16,17). The highest BCUT2D eigenvalue weighted by molar-refractivity contribution is 7.98. The van der Waals surface area contributed by atoms with Crippen LogP contribution in [0, 0.1) is 0 Å². The van der Waals surface area contributed by atoms with Crippen molar-refractivity contribution in [1.82, 2.24) is 15.4 Å². The van der Waals surface area contributed by atoms with Gasteiger partial charge >= 0.3 is 0 Å². The maximum atomic E-state index is 4.67. The summed E-state index contributed by atoms with van der Waals surface area (Å²) in [5.74, 6) is 0.940. The molecular formula is C13H18N4S2. The predicted octanol–water partition coefficient (Wildman–Crippen LogP) is 3.23. The van der Waals surface area contributed by atoms with Gasteiger partial charge in [0.05, 0.1) is 5.39 Å². The molecule has 19 heavy (non-hydrogen) atoms. The van der Waals surface area contributed by atoms with Crippen LogP contribution in [-0.4, -0.2) is 22.8 Å². The van der Waals surface area contributed by atoms with Gasteiger partial charge in [-0.15, -0.1) is 11.3 Å². The van der Waals surface area contributed by atoms with Gasteiger partial charge in [-0.3, -0.25) is 0 Å². The molecule has 0 aliphatic heterocycles. The Kier molecular flexibility index (Phi) is 3.91. The number of nitrogens with one attached hydrogen (secondary N) is 2. The summed E-state index contributed by atoms with van der Waals surface area (Å²) in [6.07, 6.45) is 6.97. The number of rotatable bonds is 4. The van der Waals surface area contributed by atoms with Crippen molar-refractivity contribution in [3.05, 3.63) is 10.4 Å². The van der Waals surface area contributed by atoms with Crippen molar-refractivity contribution in [2.24, 2.45) is 0 Å². The Hall–Kier alpha value is -0.850. The molecule has 1 aliphatic rings. The molecule has 2 heterocycles. The van der Waals surface area contributed by atoms with Crippen molar-refractivity contribution in [3.63, 3.8) is 0 Å². The smallest absolute Gasteiger partial charge is 0.190 e. The van der Waals surface area contributed by atoms with Gasteiger partial charge in [0.15, 0.2) is 11.0 Å². The average molecular weight is 294 g/mol. The van der Waals surface area contributed by atoms with Gasteiger partial charge in [0.2, 0.25) is 0 Å². The van der Waals surface area contributed by atoms with Crippen LogP contribution < -0.4 is 10.9 Å². The Bertz CT molecular complexity index is 594. The summed E-state index contributed by atoms with van der Waals surface area (Å²) in [5.41, 5.74) is 7.87. The molecule has 0 atom stereocenters. The van der Waals surface area contributed by atoms with E-state index in [-0.39, 0.29) is 0 Å². The Balaban J connectivity index is 2.16. The molecule has 3 rings (SSSR count). The summed E-state index contributed by atoms with van der Waals surface area (Å²) in [6.45, 7) is 2.94. The summed E-state index contributed by atoms with van der Waals surface area (Å²) in [5, 5.41) is 2.07. The van der Waals surface area contributed by atoms with Crippen molar-refractivity contribution in [2.75, 3.05) is 18.2 Å². The molecule has 2 N–H and O–H groups in total. The van der Waals surface area contributed by atoms with Crippen molar-refractivity contribution in [2.45, 2.75) is 37.8 Å². The normalized spacial score (nSPS) is 14.6. The third-order valence-electron chi connectivity index (χ3n) is 3.36. The van der Waals surface area contributed by atoms with E-state index in [1.165, 1.54) is 35.1 Å². The van der Waals surface area contributed by atoms with Crippen molar-refractivity contribution >= 4 is 39.1 Å². The van der Waals surface area contributed by atoms with Crippen LogP contribution in [0.3, 0.4) is 0 Å². The summed E-state index contributed by atoms with van der Waals surface area (Å²) in [4.78, 5) is 11.9. The number of thiophene rings is 1. The highest BCUT2D eigenvalue weighted by Gasteiger charge is 2.20. The number of fused-ring (bicyclic) bond motifs is 3. The molecule has 4 nitrogen and oxygen atoms in total. The van der Waals surface area contributed by atoms with Crippen LogP contribution in [0.15, 0.2) is 5.16 Å². The van der Waals surface area contributed by atoms with Gasteiger partial charge < -0.3 is 5.43 Å². The molecule has 0 saturated heterocycles. The molecule has 0 amide bonds. The lowest BCUT2D eigenvalue weighted by Crippen LogP contribution is -2.22. The van der Waals surface area contributed by atoms with Crippen LogP contribution in [0.2, 0.25) is 0 Å². The highest BCUT2D eigenvalue weighted by atomic mass is 32.2. The van der Waals surface area contributed by atoms with E-state index in [4.69, 9.17) is 0 Å². The first-order chi connectivity index (χ1) is 9.33. The van der Waals surface area contributed by atoms with E-state index in [0.717, 1.165) is 28.8 Å². The molecule has 102 valence electrons. The molecule has 6 heteroatoms. The van der Waals surface area contributed by atoms with Crippen molar-refractivity contribution in [3.8, 4) is 0 Å². The van der Waals surface area contributed by atoms with Gasteiger partial charge in [-0.05, 0) is 37.5 Å². The minimum absolute atomic E-state index is 0.839. The van der Waals surface area contributed by atoms with Crippen LogP contribution in [0.1, 0.15) is 30.2 Å². The van der Waals surface area contributed by atoms with Crippen LogP contribution in [0.5, 0.6) is 0 Å². The third-order valence-corrected chi connectivity index (χ3v) is 5.09. The lowest BCUT2D eigenvalue weighted by Gasteiger charge is -2.13. The molecular weight excluding hydrogens is 276 g/mol. The van der Waals surface area contributed by atoms with Gasteiger partial charge in [-0.25, -0.2) is 15.4 Å². The molecule has 0 fully saturated rings. The van der Waals surface area contributed by atoms with Crippen LogP contribution in [0.4, 0.5) is 5.82 Å². The molecule has 0 saturated carbocycles. The molecule has 0 unspecified atom stereocenters. The van der Waals surface area contributed by atoms with E-state index < -0.39 is 0 Å². The fraction of sp³-hybridized carbons (Fsp3) is 0.538. The zero-order chi connectivity index (χ0) is 13.2. The number of hydrogen-bond acceptors (Lipinski definition) is 6. The number of hydrazine groups is 1. The van der Waals surface area contributed by atoms with Gasteiger partial charge in [0, 0.05) is 11.4 Å². The first-order valence-electron chi connectivity index (χ1n) is 6.68. The predicted molar refractivity (Wildman–Crippen MR) is 83.1 cm³/mol. The van der Waals surface area contributed by atoms with E-state index in [9.17, 15) is 0 Å². The highest BCUT2D eigenvalue weighted by Crippen LogP contribution is 2.39. The first-order valence-corrected chi connectivity index (χ1v) is 8.72. The van der Waals surface area contributed by atoms with E-state index >= 15 is 0 Å². The summed E-state index contributed by atoms with van der Waals surface area (Å²) in [7, 11) is 0. The maximum Gasteiger partial charge on any atom is 0.190 e. The fourth-order valence-corrected chi connectivity index (χ4v) is 4.18. The molecule has 0 bridgehead atoms. The second-order valence-corrected chi connectivity index (χ2v) is 6.46. The second kappa shape index (κ2) is 5.64. The molecule has 0 radical (unpaired) electrons. The van der Waals surface area contributed by atoms with Gasteiger partial charge in [0.1, 0.15) is 4.83 Å². The maximum absolute atomic E-state index is 4.67. The zero-order valence-corrected chi connectivity index (χ0v) is 12.9. The number of aryl methyl sites for hydroxylation is 2. The van der Waals surface area contributed by atoms with E-state index in [0.29, 0.717) is 0 Å². The largest absolute Gasteiger partial charge is 0.305 e. The van der Waals surface area contributed by atoms with E-state index in [1.54, 1.807) is 11.8 Å². The molecule has 1 aliphatic carbocycles. The van der Waals surface area contributed by atoms with Gasteiger partial charge in [-0.2, -0.15) is 0 Å². The Morgan fingerprint density at radius 1 is 1.26 bits per heavy atom.